The summed E-state index contributed by atoms with van der Waals surface area (Å²) in [5, 5.41) is 0. The number of carbonyl (C=O) groups excluding carboxylic acids is 1. The maximum absolute atomic E-state index is 11.9. The molecule has 2 rings (SSSR count). The van der Waals surface area contributed by atoms with E-state index in [0.717, 1.165) is 12.8 Å². The number of carbonyl (C=O) groups is 1. The van der Waals surface area contributed by atoms with Gasteiger partial charge in [-0.05, 0) is 19.8 Å². The Balaban J connectivity index is 2.40. The summed E-state index contributed by atoms with van der Waals surface area (Å²) in [6.45, 7) is 1.91. The van der Waals surface area contributed by atoms with Crippen LogP contribution >= 0.6 is 0 Å². The van der Waals surface area contributed by atoms with Gasteiger partial charge in [0.2, 0.25) is 5.79 Å². The van der Waals surface area contributed by atoms with Crippen LogP contribution < -0.4 is 0 Å². The van der Waals surface area contributed by atoms with Gasteiger partial charge in [-0.3, -0.25) is 4.79 Å². The molecule has 0 unspecified atom stereocenters. The molecule has 0 aromatic heterocycles. The summed E-state index contributed by atoms with van der Waals surface area (Å²) in [4.78, 5) is 11.9. The van der Waals surface area contributed by atoms with Crippen LogP contribution in [-0.4, -0.2) is 44.8 Å². The van der Waals surface area contributed by atoms with Crippen molar-refractivity contribution in [1.29, 1.82) is 0 Å². The van der Waals surface area contributed by atoms with Gasteiger partial charge in [0, 0.05) is 14.2 Å². The molecule has 0 radical (unpaired) electrons. The van der Waals surface area contributed by atoms with Gasteiger partial charge in [0.1, 0.15) is 12.0 Å². The first-order chi connectivity index (χ1) is 7.54. The Hall–Kier alpha value is -0.650. The smallest absolute Gasteiger partial charge is 0.317 e. The Kier molecular flexibility index (Phi) is 2.72. The van der Waals surface area contributed by atoms with E-state index in [2.05, 4.69) is 0 Å². The fourth-order valence-corrected chi connectivity index (χ4v) is 3.08. The Morgan fingerprint density at radius 3 is 2.44 bits per heavy atom. The molecule has 92 valence electrons. The maximum atomic E-state index is 11.9. The quantitative estimate of drug-likeness (QED) is 0.528. The number of ether oxygens (including phenoxy) is 4. The highest BCUT2D eigenvalue weighted by Crippen LogP contribution is 2.55. The van der Waals surface area contributed by atoms with E-state index < -0.39 is 17.3 Å². The molecule has 0 N–H and O–H groups in total. The molecule has 5 heteroatoms. The molecule has 2 fully saturated rings. The minimum absolute atomic E-state index is 0.198. The Bertz CT molecular complexity index is 299. The van der Waals surface area contributed by atoms with Crippen LogP contribution in [0, 0.1) is 5.92 Å². The molecule has 2 bridgehead atoms. The lowest BCUT2D eigenvalue weighted by atomic mass is 9.75. The molecular weight excluding hydrogens is 212 g/mol. The van der Waals surface area contributed by atoms with Gasteiger partial charge in [-0.2, -0.15) is 0 Å². The minimum atomic E-state index is -1.000. The molecular formula is C11H18O5. The lowest BCUT2D eigenvalue weighted by Gasteiger charge is -2.39. The summed E-state index contributed by atoms with van der Waals surface area (Å²) in [6.07, 6.45) is 1.47. The van der Waals surface area contributed by atoms with E-state index in [1.54, 1.807) is 0 Å². The van der Waals surface area contributed by atoms with Crippen molar-refractivity contribution < 1.29 is 23.7 Å². The van der Waals surface area contributed by atoms with Crippen molar-refractivity contribution in [1.82, 2.24) is 0 Å². The molecule has 5 nitrogen and oxygen atoms in total. The van der Waals surface area contributed by atoms with Gasteiger partial charge in [0.15, 0.2) is 0 Å². The normalized spacial score (nSPS) is 40.0. The molecule has 3 atom stereocenters. The summed E-state index contributed by atoms with van der Waals surface area (Å²) in [7, 11) is 4.44. The van der Waals surface area contributed by atoms with E-state index in [1.165, 1.54) is 21.3 Å². The van der Waals surface area contributed by atoms with Gasteiger partial charge in [-0.25, -0.2) is 0 Å². The first-order valence-corrected chi connectivity index (χ1v) is 5.40. The van der Waals surface area contributed by atoms with E-state index in [9.17, 15) is 4.79 Å². The van der Waals surface area contributed by atoms with Crippen molar-refractivity contribution in [3.05, 3.63) is 0 Å². The molecule has 0 amide bonds. The van der Waals surface area contributed by atoms with Crippen LogP contribution in [0.5, 0.6) is 0 Å². The predicted octanol–water partition coefficient (Wildman–Crippen LogP) is 0.716. The van der Waals surface area contributed by atoms with Crippen molar-refractivity contribution in [3.8, 4) is 0 Å². The second-order valence-electron chi connectivity index (χ2n) is 4.54. The highest BCUT2D eigenvalue weighted by molar-refractivity contribution is 5.76. The van der Waals surface area contributed by atoms with Gasteiger partial charge >= 0.3 is 5.97 Å². The van der Waals surface area contributed by atoms with E-state index >= 15 is 0 Å². The minimum Gasteiger partial charge on any atom is -0.469 e. The van der Waals surface area contributed by atoms with Crippen LogP contribution in [-0.2, 0) is 23.7 Å². The molecule has 2 aliphatic heterocycles. The van der Waals surface area contributed by atoms with E-state index in [-0.39, 0.29) is 12.1 Å². The zero-order valence-corrected chi connectivity index (χ0v) is 10.1. The van der Waals surface area contributed by atoms with Crippen molar-refractivity contribution in [3.63, 3.8) is 0 Å². The molecule has 2 aliphatic rings. The van der Waals surface area contributed by atoms with Gasteiger partial charge in [-0.1, -0.05) is 0 Å². The van der Waals surface area contributed by atoms with Crippen LogP contribution in [0.2, 0.25) is 0 Å². The van der Waals surface area contributed by atoms with E-state index in [4.69, 9.17) is 18.9 Å². The number of rotatable bonds is 3. The Labute approximate surface area is 95.0 Å². The molecule has 0 saturated carbocycles. The van der Waals surface area contributed by atoms with Gasteiger partial charge in [-0.15, -0.1) is 0 Å². The fraction of sp³-hybridized carbons (Fsp3) is 0.909. The lowest BCUT2D eigenvalue weighted by Crippen LogP contribution is -2.56. The summed E-state index contributed by atoms with van der Waals surface area (Å²) in [5.74, 6) is -1.87. The monoisotopic (exact) mass is 230 g/mol. The number of methoxy groups -OCH3 is 3. The number of esters is 1. The zero-order chi connectivity index (χ0) is 12.0. The van der Waals surface area contributed by atoms with Crippen molar-refractivity contribution in [2.75, 3.05) is 21.3 Å². The number of hydrogen-bond donors (Lipinski definition) is 0. The third kappa shape index (κ3) is 1.25. The topological polar surface area (TPSA) is 54.0 Å². The van der Waals surface area contributed by atoms with E-state index in [1.807, 2.05) is 6.92 Å². The summed E-state index contributed by atoms with van der Waals surface area (Å²) in [5.41, 5.74) is -0.538. The second-order valence-corrected chi connectivity index (χ2v) is 4.54. The van der Waals surface area contributed by atoms with Crippen LogP contribution in [0.1, 0.15) is 19.8 Å². The number of fused-ring (bicyclic) bond motifs is 2. The average molecular weight is 230 g/mol. The third-order valence-corrected chi connectivity index (χ3v) is 3.85. The summed E-state index contributed by atoms with van der Waals surface area (Å²) in [6, 6.07) is 0. The van der Waals surface area contributed by atoms with Gasteiger partial charge in [0.25, 0.3) is 0 Å². The summed E-state index contributed by atoms with van der Waals surface area (Å²) >= 11 is 0. The lowest BCUT2D eigenvalue weighted by molar-refractivity contribution is -0.255. The van der Waals surface area contributed by atoms with Gasteiger partial charge < -0.3 is 18.9 Å². The predicted molar refractivity (Wildman–Crippen MR) is 54.8 cm³/mol. The zero-order valence-electron chi connectivity index (χ0n) is 10.1. The molecule has 0 aromatic rings. The SMILES string of the molecule is COC(=O)[C@@H]1C(OC)(OC)[C@H]2CC[C@@]1(C)O2. The van der Waals surface area contributed by atoms with Crippen LogP contribution in [0.25, 0.3) is 0 Å². The first kappa shape index (κ1) is 11.8. The van der Waals surface area contributed by atoms with Gasteiger partial charge in [0.05, 0.1) is 12.7 Å². The van der Waals surface area contributed by atoms with Crippen molar-refractivity contribution in [2.45, 2.75) is 37.3 Å². The Morgan fingerprint density at radius 1 is 1.31 bits per heavy atom. The van der Waals surface area contributed by atoms with Crippen LogP contribution in [0.3, 0.4) is 0 Å². The highest BCUT2D eigenvalue weighted by atomic mass is 16.7. The molecule has 16 heavy (non-hydrogen) atoms. The maximum Gasteiger partial charge on any atom is 0.317 e. The van der Waals surface area contributed by atoms with Crippen LogP contribution in [0.4, 0.5) is 0 Å². The highest BCUT2D eigenvalue weighted by Gasteiger charge is 2.70. The second kappa shape index (κ2) is 3.68. The Morgan fingerprint density at radius 2 is 1.94 bits per heavy atom. The van der Waals surface area contributed by atoms with Crippen LogP contribution in [0.15, 0.2) is 0 Å². The third-order valence-electron chi connectivity index (χ3n) is 3.85. The molecule has 2 saturated heterocycles. The van der Waals surface area contributed by atoms with Crippen molar-refractivity contribution >= 4 is 5.97 Å². The molecule has 2 heterocycles. The van der Waals surface area contributed by atoms with Crippen molar-refractivity contribution in [2.24, 2.45) is 5.92 Å². The molecule has 0 aliphatic carbocycles. The fourth-order valence-electron chi connectivity index (χ4n) is 3.08. The molecule has 0 spiro atoms. The standard InChI is InChI=1S/C11H18O5/c1-10-6-5-7(16-10)11(14-3,15-4)8(10)9(12)13-2/h7-8H,5-6H2,1-4H3/t7-,8+,10-/m1/s1. The molecule has 0 aromatic carbocycles. The number of hydrogen-bond acceptors (Lipinski definition) is 5. The van der Waals surface area contributed by atoms with E-state index in [0.29, 0.717) is 0 Å². The summed E-state index contributed by atoms with van der Waals surface area (Å²) < 4.78 is 21.5. The average Bonchev–Trinajstić information content (AvgIpc) is 2.79. The first-order valence-electron chi connectivity index (χ1n) is 5.40. The largest absolute Gasteiger partial charge is 0.469 e.